The Morgan fingerprint density at radius 1 is 1.41 bits per heavy atom. The molecule has 1 aliphatic rings. The summed E-state index contributed by atoms with van der Waals surface area (Å²) in [5, 5.41) is 2.52. The van der Waals surface area contributed by atoms with Crippen LogP contribution < -0.4 is 11.1 Å². The largest absolute Gasteiger partial charge is 0.381 e. The van der Waals surface area contributed by atoms with Crippen LogP contribution in [-0.2, 0) is 14.3 Å². The van der Waals surface area contributed by atoms with Crippen molar-refractivity contribution in [3.05, 3.63) is 0 Å². The number of likely N-dealkylation sites (N-methyl/N-ethyl adjacent to an activating group) is 1. The summed E-state index contributed by atoms with van der Waals surface area (Å²) in [6.07, 6.45) is 1.37. The van der Waals surface area contributed by atoms with Crippen molar-refractivity contribution in [2.24, 2.45) is 5.73 Å². The fraction of sp³-hybridized carbons (Fsp3) is 0.818. The molecule has 1 saturated heterocycles. The van der Waals surface area contributed by atoms with Gasteiger partial charge in [-0.3, -0.25) is 9.59 Å². The van der Waals surface area contributed by atoms with Crippen LogP contribution in [0.4, 0.5) is 0 Å². The van der Waals surface area contributed by atoms with E-state index >= 15 is 0 Å². The van der Waals surface area contributed by atoms with E-state index in [1.807, 2.05) is 0 Å². The van der Waals surface area contributed by atoms with Crippen molar-refractivity contribution in [2.75, 3.05) is 33.9 Å². The van der Waals surface area contributed by atoms with Crippen LogP contribution in [0.5, 0.6) is 0 Å². The van der Waals surface area contributed by atoms with Crippen molar-refractivity contribution in [1.82, 2.24) is 10.2 Å². The van der Waals surface area contributed by atoms with E-state index < -0.39 is 5.54 Å². The molecular weight excluding hydrogens is 222 g/mol. The van der Waals surface area contributed by atoms with Crippen molar-refractivity contribution >= 4 is 11.8 Å². The second-order valence-electron chi connectivity index (χ2n) is 4.42. The van der Waals surface area contributed by atoms with Crippen LogP contribution in [-0.4, -0.2) is 56.1 Å². The van der Waals surface area contributed by atoms with Crippen LogP contribution in [0, 0.1) is 0 Å². The number of nitrogens with one attached hydrogen (secondary N) is 1. The van der Waals surface area contributed by atoms with Gasteiger partial charge in [0.1, 0.15) is 0 Å². The predicted octanol–water partition coefficient (Wildman–Crippen LogP) is -0.911. The number of carbonyl (C=O) groups is 2. The fourth-order valence-electron chi connectivity index (χ4n) is 1.83. The lowest BCUT2D eigenvalue weighted by Gasteiger charge is -2.35. The highest BCUT2D eigenvalue weighted by atomic mass is 16.5. The van der Waals surface area contributed by atoms with E-state index in [2.05, 4.69) is 5.32 Å². The minimum atomic E-state index is -0.824. The van der Waals surface area contributed by atoms with Gasteiger partial charge in [-0.2, -0.15) is 0 Å². The monoisotopic (exact) mass is 243 g/mol. The summed E-state index contributed by atoms with van der Waals surface area (Å²) in [5.41, 5.74) is 5.25. The van der Waals surface area contributed by atoms with Gasteiger partial charge < -0.3 is 20.7 Å². The van der Waals surface area contributed by atoms with Crippen LogP contribution in [0.25, 0.3) is 0 Å². The molecule has 3 N–H and O–H groups in total. The number of hydrogen-bond donors (Lipinski definition) is 2. The molecule has 2 amide bonds. The van der Waals surface area contributed by atoms with Gasteiger partial charge in [0.05, 0.1) is 5.54 Å². The number of nitrogens with two attached hydrogens (primary N) is 1. The van der Waals surface area contributed by atoms with Crippen molar-refractivity contribution in [1.29, 1.82) is 0 Å². The third-order valence-corrected chi connectivity index (χ3v) is 3.11. The molecule has 0 saturated carbocycles. The molecule has 98 valence electrons. The Labute approximate surface area is 101 Å². The maximum absolute atomic E-state index is 12.1. The van der Waals surface area contributed by atoms with Crippen LogP contribution >= 0.6 is 0 Å². The topological polar surface area (TPSA) is 84.7 Å². The number of ether oxygens (including phenoxy) is 1. The van der Waals surface area contributed by atoms with E-state index in [1.165, 1.54) is 4.90 Å². The molecule has 0 radical (unpaired) electrons. The van der Waals surface area contributed by atoms with Crippen molar-refractivity contribution < 1.29 is 14.3 Å². The summed E-state index contributed by atoms with van der Waals surface area (Å²) in [6, 6.07) is 0. The fourth-order valence-corrected chi connectivity index (χ4v) is 1.83. The molecule has 0 spiro atoms. The molecule has 1 fully saturated rings. The van der Waals surface area contributed by atoms with Gasteiger partial charge in [0.2, 0.25) is 11.8 Å². The summed E-state index contributed by atoms with van der Waals surface area (Å²) in [4.78, 5) is 24.8. The predicted molar refractivity (Wildman–Crippen MR) is 63.3 cm³/mol. The highest BCUT2D eigenvalue weighted by Gasteiger charge is 2.37. The third-order valence-electron chi connectivity index (χ3n) is 3.11. The lowest BCUT2D eigenvalue weighted by Crippen LogP contribution is -2.57. The molecule has 0 aromatic rings. The second kappa shape index (κ2) is 5.97. The standard InChI is InChI=1S/C11H21N3O3/c1-13-9(15)3-6-14(2)10(16)11(12)4-7-17-8-5-11/h3-8,12H2,1-2H3,(H,13,15). The van der Waals surface area contributed by atoms with Crippen molar-refractivity contribution in [2.45, 2.75) is 24.8 Å². The first-order valence-corrected chi connectivity index (χ1v) is 5.82. The maximum atomic E-state index is 12.1. The Bertz CT molecular complexity index is 288. The molecule has 1 aliphatic heterocycles. The zero-order valence-corrected chi connectivity index (χ0v) is 10.5. The molecule has 0 unspecified atom stereocenters. The number of hydrogen-bond acceptors (Lipinski definition) is 4. The van der Waals surface area contributed by atoms with Gasteiger partial charge in [-0.15, -0.1) is 0 Å². The molecule has 17 heavy (non-hydrogen) atoms. The number of carbonyl (C=O) groups excluding carboxylic acids is 2. The van der Waals surface area contributed by atoms with Gasteiger partial charge in [-0.25, -0.2) is 0 Å². The molecular formula is C11H21N3O3. The average Bonchev–Trinajstić information content (AvgIpc) is 2.35. The Hall–Kier alpha value is -1.14. The molecule has 6 heteroatoms. The van der Waals surface area contributed by atoms with Crippen LogP contribution in [0.3, 0.4) is 0 Å². The molecule has 0 atom stereocenters. The smallest absolute Gasteiger partial charge is 0.242 e. The van der Waals surface area contributed by atoms with E-state index in [4.69, 9.17) is 10.5 Å². The third kappa shape index (κ3) is 3.67. The SMILES string of the molecule is CNC(=O)CCN(C)C(=O)C1(N)CCOCC1. The summed E-state index contributed by atoms with van der Waals surface area (Å²) < 4.78 is 5.20. The first-order valence-electron chi connectivity index (χ1n) is 5.82. The van der Waals surface area contributed by atoms with Crippen LogP contribution in [0.1, 0.15) is 19.3 Å². The first-order chi connectivity index (χ1) is 7.99. The van der Waals surface area contributed by atoms with Crippen LogP contribution in [0.15, 0.2) is 0 Å². The molecule has 0 bridgehead atoms. The lowest BCUT2D eigenvalue weighted by atomic mass is 9.90. The minimum absolute atomic E-state index is 0.0808. The first kappa shape index (κ1) is 13.9. The molecule has 0 aliphatic carbocycles. The molecule has 1 rings (SSSR count). The van der Waals surface area contributed by atoms with Crippen molar-refractivity contribution in [3.63, 3.8) is 0 Å². The zero-order chi connectivity index (χ0) is 12.9. The van der Waals surface area contributed by atoms with Gasteiger partial charge >= 0.3 is 0 Å². The summed E-state index contributed by atoms with van der Waals surface area (Å²) >= 11 is 0. The minimum Gasteiger partial charge on any atom is -0.381 e. The maximum Gasteiger partial charge on any atom is 0.242 e. The van der Waals surface area contributed by atoms with Crippen molar-refractivity contribution in [3.8, 4) is 0 Å². The zero-order valence-electron chi connectivity index (χ0n) is 10.5. The quantitative estimate of drug-likeness (QED) is 0.669. The second-order valence-corrected chi connectivity index (χ2v) is 4.42. The van der Waals surface area contributed by atoms with E-state index in [9.17, 15) is 9.59 Å². The van der Waals surface area contributed by atoms with E-state index in [0.717, 1.165) is 0 Å². The van der Waals surface area contributed by atoms with Gasteiger partial charge in [-0.1, -0.05) is 0 Å². The van der Waals surface area contributed by atoms with E-state index in [0.29, 0.717) is 39.0 Å². The lowest BCUT2D eigenvalue weighted by molar-refractivity contribution is -0.139. The molecule has 0 aromatic carbocycles. The normalized spacial score (nSPS) is 18.5. The van der Waals surface area contributed by atoms with E-state index in [-0.39, 0.29) is 11.8 Å². The average molecular weight is 243 g/mol. The number of rotatable bonds is 4. The van der Waals surface area contributed by atoms with Gasteiger partial charge in [-0.05, 0) is 12.8 Å². The molecule has 0 aromatic heterocycles. The Balaban J connectivity index is 2.47. The Morgan fingerprint density at radius 3 is 2.53 bits per heavy atom. The summed E-state index contributed by atoms with van der Waals surface area (Å²) in [5.74, 6) is -0.188. The Morgan fingerprint density at radius 2 is 2.00 bits per heavy atom. The highest BCUT2D eigenvalue weighted by Crippen LogP contribution is 2.19. The molecule has 6 nitrogen and oxygen atoms in total. The Kier molecular flexibility index (Phi) is 4.89. The van der Waals surface area contributed by atoms with Gasteiger partial charge in [0.25, 0.3) is 0 Å². The van der Waals surface area contributed by atoms with Crippen LogP contribution in [0.2, 0.25) is 0 Å². The highest BCUT2D eigenvalue weighted by molar-refractivity contribution is 5.86. The number of amides is 2. The summed E-state index contributed by atoms with van der Waals surface area (Å²) in [6.45, 7) is 1.43. The number of nitrogens with zero attached hydrogens (tertiary/aromatic N) is 1. The van der Waals surface area contributed by atoms with Gasteiger partial charge in [0.15, 0.2) is 0 Å². The van der Waals surface area contributed by atoms with Gasteiger partial charge in [0, 0.05) is 40.3 Å². The summed E-state index contributed by atoms with van der Waals surface area (Å²) in [7, 11) is 3.25. The van der Waals surface area contributed by atoms with E-state index in [1.54, 1.807) is 14.1 Å². The molecule has 1 heterocycles.